The van der Waals surface area contributed by atoms with Crippen LogP contribution in [0.3, 0.4) is 0 Å². The van der Waals surface area contributed by atoms with Crippen LogP contribution in [0.1, 0.15) is 24.4 Å². The zero-order valence-corrected chi connectivity index (χ0v) is 13.5. The van der Waals surface area contributed by atoms with Gasteiger partial charge < -0.3 is 14.5 Å². The lowest BCUT2D eigenvalue weighted by Crippen LogP contribution is -2.40. The molecule has 2 fully saturated rings. The van der Waals surface area contributed by atoms with Crippen molar-refractivity contribution < 1.29 is 14.3 Å². The summed E-state index contributed by atoms with van der Waals surface area (Å²) in [6, 6.07) is 8.01. The summed E-state index contributed by atoms with van der Waals surface area (Å²) in [7, 11) is 1.64. The van der Waals surface area contributed by atoms with Crippen LogP contribution in [0.15, 0.2) is 24.3 Å². The maximum atomic E-state index is 12.6. The molecule has 0 saturated carbocycles. The Morgan fingerprint density at radius 1 is 1.32 bits per heavy atom. The first-order chi connectivity index (χ1) is 10.7. The highest BCUT2D eigenvalue weighted by Gasteiger charge is 2.32. The van der Waals surface area contributed by atoms with Crippen molar-refractivity contribution in [1.29, 1.82) is 0 Å². The minimum Gasteiger partial charge on any atom is -0.497 e. The highest BCUT2D eigenvalue weighted by atomic mass is 32.2. The fraction of sp³-hybridized carbons (Fsp3) is 0.500. The first-order valence-electron chi connectivity index (χ1n) is 7.54. The lowest BCUT2D eigenvalue weighted by atomic mass is 10.0. The quantitative estimate of drug-likeness (QED) is 0.855. The molecule has 2 amide bonds. The van der Waals surface area contributed by atoms with E-state index in [4.69, 9.17) is 4.74 Å². The van der Waals surface area contributed by atoms with Crippen molar-refractivity contribution in [3.8, 4) is 5.75 Å². The van der Waals surface area contributed by atoms with E-state index in [0.717, 1.165) is 36.5 Å². The van der Waals surface area contributed by atoms with Crippen molar-refractivity contribution in [3.63, 3.8) is 0 Å². The predicted molar refractivity (Wildman–Crippen MR) is 86.1 cm³/mol. The van der Waals surface area contributed by atoms with Gasteiger partial charge in [-0.15, -0.1) is 0 Å². The third kappa shape index (κ3) is 3.06. The molecular weight excluding hydrogens is 300 g/mol. The van der Waals surface area contributed by atoms with Crippen molar-refractivity contribution >= 4 is 22.9 Å². The Morgan fingerprint density at radius 3 is 2.73 bits per heavy atom. The average molecular weight is 320 g/mol. The number of likely N-dealkylation sites (tertiary alicyclic amines) is 1. The van der Waals surface area contributed by atoms with Gasteiger partial charge in [-0.2, -0.15) is 0 Å². The molecule has 0 bridgehead atoms. The molecule has 1 aromatic carbocycles. The lowest BCUT2D eigenvalue weighted by molar-refractivity contribution is -0.132. The molecule has 2 aliphatic rings. The van der Waals surface area contributed by atoms with Gasteiger partial charge in [-0.05, 0) is 30.5 Å². The maximum absolute atomic E-state index is 12.6. The minimum atomic E-state index is 0.0218. The minimum absolute atomic E-state index is 0.0218. The molecule has 1 aromatic rings. The van der Waals surface area contributed by atoms with Gasteiger partial charge in [-0.3, -0.25) is 9.59 Å². The monoisotopic (exact) mass is 320 g/mol. The first-order valence-corrected chi connectivity index (χ1v) is 8.52. The molecule has 5 nitrogen and oxygen atoms in total. The second-order valence-corrected chi connectivity index (χ2v) is 6.60. The summed E-state index contributed by atoms with van der Waals surface area (Å²) in [4.78, 5) is 27.8. The fourth-order valence-corrected chi connectivity index (χ4v) is 3.89. The molecule has 0 aromatic heterocycles. The number of rotatable bonds is 4. The number of carbonyl (C=O) groups is 2. The standard InChI is InChI=1S/C16H20N2O3S/c1-21-13-6-4-12(5-7-13)14-3-2-8-18(14)15(19)11-17-9-10-22-16(17)20/h4-7,14H,2-3,8-11H2,1H3/t14-/m1/s1. The van der Waals surface area contributed by atoms with Crippen LogP contribution in [0.2, 0.25) is 0 Å². The number of methoxy groups -OCH3 is 1. The van der Waals surface area contributed by atoms with Crippen LogP contribution in [0.25, 0.3) is 0 Å². The van der Waals surface area contributed by atoms with Gasteiger partial charge in [0.15, 0.2) is 0 Å². The van der Waals surface area contributed by atoms with E-state index in [9.17, 15) is 9.59 Å². The zero-order chi connectivity index (χ0) is 15.5. The Kier molecular flexibility index (Phi) is 4.57. The summed E-state index contributed by atoms with van der Waals surface area (Å²) >= 11 is 1.29. The van der Waals surface area contributed by atoms with E-state index in [1.807, 2.05) is 29.2 Å². The molecule has 0 N–H and O–H groups in total. The molecule has 2 heterocycles. The first kappa shape index (κ1) is 15.2. The van der Waals surface area contributed by atoms with Crippen LogP contribution in [0, 0.1) is 0 Å². The number of hydrogen-bond donors (Lipinski definition) is 0. The Labute approximate surface area is 134 Å². The van der Waals surface area contributed by atoms with Crippen LogP contribution in [0.4, 0.5) is 4.79 Å². The van der Waals surface area contributed by atoms with E-state index in [2.05, 4.69) is 0 Å². The molecule has 1 atom stereocenters. The summed E-state index contributed by atoms with van der Waals surface area (Å²) in [6.45, 7) is 1.65. The number of nitrogens with zero attached hydrogens (tertiary/aromatic N) is 2. The fourth-order valence-electron chi connectivity index (χ4n) is 3.06. The maximum Gasteiger partial charge on any atom is 0.282 e. The Bertz CT molecular complexity index is 561. The lowest BCUT2D eigenvalue weighted by Gasteiger charge is -2.27. The van der Waals surface area contributed by atoms with Crippen molar-refractivity contribution in [2.45, 2.75) is 18.9 Å². The van der Waals surface area contributed by atoms with E-state index in [1.165, 1.54) is 11.8 Å². The summed E-state index contributed by atoms with van der Waals surface area (Å²) in [6.07, 6.45) is 1.98. The molecule has 6 heteroatoms. The molecule has 22 heavy (non-hydrogen) atoms. The SMILES string of the molecule is COc1ccc([C@H]2CCCN2C(=O)CN2CCSC2=O)cc1. The third-order valence-electron chi connectivity index (χ3n) is 4.24. The summed E-state index contributed by atoms with van der Waals surface area (Å²) in [5.74, 6) is 1.65. The predicted octanol–water partition coefficient (Wildman–Crippen LogP) is 2.53. The van der Waals surface area contributed by atoms with Crippen LogP contribution < -0.4 is 4.74 Å². The van der Waals surface area contributed by atoms with E-state index in [-0.39, 0.29) is 23.7 Å². The Hall–Kier alpha value is -1.69. The van der Waals surface area contributed by atoms with E-state index in [1.54, 1.807) is 12.0 Å². The van der Waals surface area contributed by atoms with E-state index in [0.29, 0.717) is 6.54 Å². The van der Waals surface area contributed by atoms with Crippen molar-refractivity contribution in [2.24, 2.45) is 0 Å². The van der Waals surface area contributed by atoms with Gasteiger partial charge in [0.05, 0.1) is 13.2 Å². The highest BCUT2D eigenvalue weighted by molar-refractivity contribution is 8.13. The Balaban J connectivity index is 1.69. The second-order valence-electron chi connectivity index (χ2n) is 5.55. The van der Waals surface area contributed by atoms with Gasteiger partial charge in [-0.25, -0.2) is 0 Å². The molecule has 118 valence electrons. The molecule has 0 unspecified atom stereocenters. The van der Waals surface area contributed by atoms with Gasteiger partial charge >= 0.3 is 0 Å². The van der Waals surface area contributed by atoms with Gasteiger partial charge in [-0.1, -0.05) is 23.9 Å². The van der Waals surface area contributed by atoms with Crippen molar-refractivity contribution in [3.05, 3.63) is 29.8 Å². The summed E-state index contributed by atoms with van der Waals surface area (Å²) < 4.78 is 5.18. The van der Waals surface area contributed by atoms with E-state index < -0.39 is 0 Å². The van der Waals surface area contributed by atoms with Crippen LogP contribution in [0.5, 0.6) is 5.75 Å². The number of benzene rings is 1. The van der Waals surface area contributed by atoms with Gasteiger partial charge in [0.25, 0.3) is 5.24 Å². The zero-order valence-electron chi connectivity index (χ0n) is 12.7. The number of ether oxygens (including phenoxy) is 1. The number of amides is 2. The molecular formula is C16H20N2O3S. The molecule has 0 radical (unpaired) electrons. The largest absolute Gasteiger partial charge is 0.497 e. The highest BCUT2D eigenvalue weighted by Crippen LogP contribution is 2.33. The van der Waals surface area contributed by atoms with Crippen LogP contribution >= 0.6 is 11.8 Å². The normalized spacial score (nSPS) is 21.5. The second kappa shape index (κ2) is 6.60. The third-order valence-corrected chi connectivity index (χ3v) is 5.14. The Morgan fingerprint density at radius 2 is 2.09 bits per heavy atom. The molecule has 3 rings (SSSR count). The summed E-state index contributed by atoms with van der Waals surface area (Å²) in [5, 5.41) is 0.0218. The van der Waals surface area contributed by atoms with Crippen LogP contribution in [-0.2, 0) is 4.79 Å². The number of hydrogen-bond acceptors (Lipinski definition) is 4. The van der Waals surface area contributed by atoms with Crippen LogP contribution in [-0.4, -0.2) is 53.4 Å². The van der Waals surface area contributed by atoms with Gasteiger partial charge in [0, 0.05) is 18.8 Å². The topological polar surface area (TPSA) is 49.9 Å². The average Bonchev–Trinajstić information content (AvgIpc) is 3.17. The number of carbonyl (C=O) groups excluding carboxylic acids is 2. The van der Waals surface area contributed by atoms with Gasteiger partial charge in [0.1, 0.15) is 12.3 Å². The molecule has 2 saturated heterocycles. The molecule has 0 aliphatic carbocycles. The van der Waals surface area contributed by atoms with E-state index >= 15 is 0 Å². The molecule has 2 aliphatic heterocycles. The van der Waals surface area contributed by atoms with Crippen molar-refractivity contribution in [1.82, 2.24) is 9.80 Å². The molecule has 0 spiro atoms. The number of thioether (sulfide) groups is 1. The smallest absolute Gasteiger partial charge is 0.282 e. The summed E-state index contributed by atoms with van der Waals surface area (Å²) in [5.41, 5.74) is 1.13. The van der Waals surface area contributed by atoms with Gasteiger partial charge in [0.2, 0.25) is 5.91 Å². The van der Waals surface area contributed by atoms with Crippen molar-refractivity contribution in [2.75, 3.05) is 32.5 Å².